The predicted molar refractivity (Wildman–Crippen MR) is 74.9 cm³/mol. The molecule has 5 nitrogen and oxygen atoms in total. The van der Waals surface area contributed by atoms with Crippen LogP contribution in [0, 0.1) is 5.41 Å². The molecular formula is C14H20ClNO4. The molecule has 112 valence electrons. The lowest BCUT2D eigenvalue weighted by molar-refractivity contribution is 0.00772. The average Bonchev–Trinajstić information content (AvgIpc) is 2.91. The fraction of sp³-hybridized carbons (Fsp3) is 0.643. The molecule has 20 heavy (non-hydrogen) atoms. The lowest BCUT2D eigenvalue weighted by Crippen LogP contribution is -2.48. The largest absolute Gasteiger partial charge is 0.440 e. The van der Waals surface area contributed by atoms with E-state index in [9.17, 15) is 9.90 Å². The molecule has 1 atom stereocenters. The Kier molecular flexibility index (Phi) is 5.07. The van der Waals surface area contributed by atoms with Crippen molar-refractivity contribution in [1.82, 2.24) is 4.90 Å². The van der Waals surface area contributed by atoms with Crippen molar-refractivity contribution in [3.63, 3.8) is 0 Å². The molecule has 1 amide bonds. The van der Waals surface area contributed by atoms with Crippen LogP contribution < -0.4 is 0 Å². The monoisotopic (exact) mass is 301 g/mol. The number of carbonyl (C=O) groups excluding carboxylic acids is 1. The predicted octanol–water partition coefficient (Wildman–Crippen LogP) is 2.18. The molecule has 0 bridgehead atoms. The number of aliphatic hydroxyl groups excluding tert-OH is 1. The van der Waals surface area contributed by atoms with Gasteiger partial charge in [0.25, 0.3) is 5.91 Å². The first-order valence-corrected chi connectivity index (χ1v) is 7.12. The van der Waals surface area contributed by atoms with Gasteiger partial charge in [-0.2, -0.15) is 0 Å². The van der Waals surface area contributed by atoms with E-state index in [0.29, 0.717) is 19.7 Å². The smallest absolute Gasteiger partial charge is 0.289 e. The molecule has 0 saturated carbocycles. The number of rotatable bonds is 5. The second kappa shape index (κ2) is 6.61. The van der Waals surface area contributed by atoms with E-state index in [4.69, 9.17) is 20.8 Å². The molecule has 1 aliphatic heterocycles. The molecule has 0 aliphatic carbocycles. The number of carbonyl (C=O) groups is 1. The van der Waals surface area contributed by atoms with Gasteiger partial charge in [-0.25, -0.2) is 0 Å². The quantitative estimate of drug-likeness (QED) is 0.905. The van der Waals surface area contributed by atoms with Crippen molar-refractivity contribution in [3.05, 3.63) is 23.1 Å². The number of hydrogen-bond donors (Lipinski definition) is 1. The lowest BCUT2D eigenvalue weighted by Gasteiger charge is -2.41. The molecule has 0 radical (unpaired) electrons. The number of aliphatic hydroxyl groups is 1. The fourth-order valence-electron chi connectivity index (χ4n) is 2.70. The Morgan fingerprint density at radius 3 is 3.00 bits per heavy atom. The van der Waals surface area contributed by atoms with Crippen LogP contribution in [0.2, 0.25) is 5.22 Å². The van der Waals surface area contributed by atoms with Crippen LogP contribution in [-0.2, 0) is 4.74 Å². The Bertz CT molecular complexity index is 462. The highest BCUT2D eigenvalue weighted by molar-refractivity contribution is 6.29. The van der Waals surface area contributed by atoms with Crippen molar-refractivity contribution >= 4 is 17.5 Å². The Morgan fingerprint density at radius 2 is 2.40 bits per heavy atom. The van der Waals surface area contributed by atoms with Gasteiger partial charge in [-0.1, -0.05) is 0 Å². The molecule has 1 aromatic heterocycles. The van der Waals surface area contributed by atoms with Gasteiger partial charge >= 0.3 is 0 Å². The van der Waals surface area contributed by atoms with Gasteiger partial charge in [-0.3, -0.25) is 4.79 Å². The third-order valence-electron chi connectivity index (χ3n) is 3.90. The number of piperidine rings is 1. The maximum absolute atomic E-state index is 12.4. The SMILES string of the molecule is COCCC1(CO)CCCN(C(=O)c2ccc(Cl)o2)C1. The van der Waals surface area contributed by atoms with Crippen molar-refractivity contribution in [2.24, 2.45) is 5.41 Å². The van der Waals surface area contributed by atoms with Crippen molar-refractivity contribution in [1.29, 1.82) is 0 Å². The molecule has 1 fully saturated rings. The van der Waals surface area contributed by atoms with Crippen LogP contribution in [0.15, 0.2) is 16.5 Å². The van der Waals surface area contributed by atoms with Crippen molar-refractivity contribution in [2.45, 2.75) is 19.3 Å². The second-order valence-corrected chi connectivity index (χ2v) is 5.71. The number of halogens is 1. The zero-order chi connectivity index (χ0) is 14.6. The molecule has 1 aliphatic rings. The molecule has 1 unspecified atom stereocenters. The van der Waals surface area contributed by atoms with E-state index in [-0.39, 0.29) is 28.9 Å². The van der Waals surface area contributed by atoms with E-state index in [1.165, 1.54) is 0 Å². The molecule has 6 heteroatoms. The van der Waals surface area contributed by atoms with Crippen LogP contribution in [0.4, 0.5) is 0 Å². The Hall–Kier alpha value is -1.04. The van der Waals surface area contributed by atoms with Gasteiger partial charge in [0.2, 0.25) is 0 Å². The molecule has 1 saturated heterocycles. The highest BCUT2D eigenvalue weighted by Crippen LogP contribution is 2.34. The number of hydrogen-bond acceptors (Lipinski definition) is 4. The number of furan rings is 1. The van der Waals surface area contributed by atoms with Gasteiger partial charge in [-0.05, 0) is 43.0 Å². The minimum Gasteiger partial charge on any atom is -0.440 e. The van der Waals surface area contributed by atoms with E-state index in [2.05, 4.69) is 0 Å². The van der Waals surface area contributed by atoms with Crippen molar-refractivity contribution in [2.75, 3.05) is 33.4 Å². The van der Waals surface area contributed by atoms with E-state index < -0.39 is 0 Å². The van der Waals surface area contributed by atoms with E-state index in [1.54, 1.807) is 24.1 Å². The molecule has 0 spiro atoms. The van der Waals surface area contributed by atoms with Gasteiger partial charge in [0.05, 0.1) is 6.61 Å². The maximum atomic E-state index is 12.4. The summed E-state index contributed by atoms with van der Waals surface area (Å²) in [6.45, 7) is 1.82. The number of methoxy groups -OCH3 is 1. The van der Waals surface area contributed by atoms with Crippen LogP contribution in [0.1, 0.15) is 29.8 Å². The maximum Gasteiger partial charge on any atom is 0.289 e. The summed E-state index contributed by atoms with van der Waals surface area (Å²) in [5.74, 6) is 0.0716. The number of amides is 1. The van der Waals surface area contributed by atoms with E-state index in [0.717, 1.165) is 19.3 Å². The van der Waals surface area contributed by atoms with Gasteiger partial charge in [0.15, 0.2) is 11.0 Å². The summed E-state index contributed by atoms with van der Waals surface area (Å²) in [5, 5.41) is 9.91. The van der Waals surface area contributed by atoms with Crippen LogP contribution in [0.5, 0.6) is 0 Å². The summed E-state index contributed by atoms with van der Waals surface area (Å²) in [5.41, 5.74) is -0.277. The normalized spacial score (nSPS) is 23.1. The van der Waals surface area contributed by atoms with E-state index >= 15 is 0 Å². The zero-order valence-electron chi connectivity index (χ0n) is 11.6. The third-order valence-corrected chi connectivity index (χ3v) is 4.11. The molecule has 1 N–H and O–H groups in total. The van der Waals surface area contributed by atoms with Crippen LogP contribution in [0.25, 0.3) is 0 Å². The summed E-state index contributed by atoms with van der Waals surface area (Å²) in [4.78, 5) is 14.1. The number of ether oxygens (including phenoxy) is 1. The molecule has 0 aromatic carbocycles. The van der Waals surface area contributed by atoms with Crippen LogP contribution >= 0.6 is 11.6 Å². The summed E-state index contributed by atoms with van der Waals surface area (Å²) in [6.07, 6.45) is 2.50. The first-order chi connectivity index (χ1) is 9.60. The van der Waals surface area contributed by atoms with Crippen molar-refractivity contribution in [3.8, 4) is 0 Å². The minimum absolute atomic E-state index is 0.0546. The van der Waals surface area contributed by atoms with Gasteiger partial charge < -0.3 is 19.2 Å². The minimum atomic E-state index is -0.277. The standard InChI is InChI=1S/C14H20ClNO4/c1-19-8-6-14(10-17)5-2-7-16(9-14)13(18)11-3-4-12(15)20-11/h3-4,17H,2,5-10H2,1H3. The topological polar surface area (TPSA) is 62.9 Å². The Morgan fingerprint density at radius 1 is 1.60 bits per heavy atom. The van der Waals surface area contributed by atoms with Crippen molar-refractivity contribution < 1.29 is 19.1 Å². The molecule has 2 rings (SSSR count). The summed E-state index contributed by atoms with van der Waals surface area (Å²) >= 11 is 5.70. The average molecular weight is 302 g/mol. The van der Waals surface area contributed by atoms with Crippen LogP contribution in [0.3, 0.4) is 0 Å². The fourth-order valence-corrected chi connectivity index (χ4v) is 2.84. The summed E-state index contributed by atoms with van der Waals surface area (Å²) in [6, 6.07) is 3.14. The first-order valence-electron chi connectivity index (χ1n) is 6.75. The van der Waals surface area contributed by atoms with Gasteiger partial charge in [0.1, 0.15) is 0 Å². The highest BCUT2D eigenvalue weighted by Gasteiger charge is 2.37. The first kappa shape index (κ1) is 15.4. The lowest BCUT2D eigenvalue weighted by atomic mass is 9.78. The number of nitrogens with zero attached hydrogens (tertiary/aromatic N) is 1. The van der Waals surface area contributed by atoms with Crippen LogP contribution in [-0.4, -0.2) is 49.3 Å². The van der Waals surface area contributed by atoms with Gasteiger partial charge in [-0.15, -0.1) is 0 Å². The summed E-state index contributed by atoms with van der Waals surface area (Å²) in [7, 11) is 1.64. The Labute approximate surface area is 123 Å². The van der Waals surface area contributed by atoms with Gasteiger partial charge in [0, 0.05) is 32.2 Å². The molecular weight excluding hydrogens is 282 g/mol. The highest BCUT2D eigenvalue weighted by atomic mass is 35.5. The summed E-state index contributed by atoms with van der Waals surface area (Å²) < 4.78 is 10.3. The van der Waals surface area contributed by atoms with E-state index in [1.807, 2.05) is 0 Å². The molecule has 2 heterocycles. The molecule has 1 aromatic rings. The number of likely N-dealkylation sites (tertiary alicyclic amines) is 1. The second-order valence-electron chi connectivity index (χ2n) is 5.33. The Balaban J connectivity index is 2.07. The zero-order valence-corrected chi connectivity index (χ0v) is 12.4. The third kappa shape index (κ3) is 3.34.